The Morgan fingerprint density at radius 3 is 2.78 bits per heavy atom. The van der Waals surface area contributed by atoms with Crippen LogP contribution in [0, 0.1) is 6.92 Å². The van der Waals surface area contributed by atoms with Gasteiger partial charge in [-0.25, -0.2) is 9.97 Å². The maximum atomic E-state index is 12.7. The average Bonchev–Trinajstić information content (AvgIpc) is 3.04. The third-order valence-electron chi connectivity index (χ3n) is 4.34. The molecule has 142 valence electrons. The number of rotatable bonds is 8. The maximum absolute atomic E-state index is 12.7. The van der Waals surface area contributed by atoms with Gasteiger partial charge in [-0.3, -0.25) is 9.78 Å². The van der Waals surface area contributed by atoms with E-state index in [0.29, 0.717) is 18.0 Å². The average molecular weight is 385 g/mol. The van der Waals surface area contributed by atoms with E-state index in [9.17, 15) is 4.79 Å². The van der Waals surface area contributed by atoms with Gasteiger partial charge in [-0.15, -0.1) is 11.3 Å². The van der Waals surface area contributed by atoms with Crippen LogP contribution in [-0.2, 0) is 11.3 Å². The van der Waals surface area contributed by atoms with Gasteiger partial charge in [0.1, 0.15) is 17.0 Å². The summed E-state index contributed by atoms with van der Waals surface area (Å²) in [5, 5.41) is 7.27. The van der Waals surface area contributed by atoms with Gasteiger partial charge in [-0.2, -0.15) is 0 Å². The first-order valence-corrected chi connectivity index (χ1v) is 9.62. The van der Waals surface area contributed by atoms with Gasteiger partial charge in [0.25, 0.3) is 5.91 Å². The molecule has 0 aliphatic heterocycles. The van der Waals surface area contributed by atoms with E-state index < -0.39 is 0 Å². The zero-order valence-corrected chi connectivity index (χ0v) is 16.5. The molecule has 1 atom stereocenters. The number of pyridine rings is 1. The van der Waals surface area contributed by atoms with Crippen molar-refractivity contribution in [2.75, 3.05) is 19.0 Å². The quantitative estimate of drug-likeness (QED) is 0.619. The fourth-order valence-electron chi connectivity index (χ4n) is 2.82. The SMILES string of the molecule is CCC(COC)Nc1ncnc2sc(C(=O)NCc3ccncc3)c(C)c12. The van der Waals surface area contributed by atoms with Crippen LogP contribution in [0.4, 0.5) is 5.82 Å². The fourth-order valence-corrected chi connectivity index (χ4v) is 3.88. The van der Waals surface area contributed by atoms with Crippen LogP contribution in [0.5, 0.6) is 0 Å². The van der Waals surface area contributed by atoms with Crippen molar-refractivity contribution in [1.82, 2.24) is 20.3 Å². The number of fused-ring (bicyclic) bond motifs is 1. The molecule has 0 aliphatic rings. The topological polar surface area (TPSA) is 89.0 Å². The highest BCUT2D eigenvalue weighted by atomic mass is 32.1. The highest BCUT2D eigenvalue weighted by molar-refractivity contribution is 7.20. The molecular formula is C19H23N5O2S. The Kier molecular flexibility index (Phi) is 6.31. The van der Waals surface area contributed by atoms with Crippen LogP contribution >= 0.6 is 11.3 Å². The van der Waals surface area contributed by atoms with E-state index in [1.807, 2.05) is 19.1 Å². The Balaban J connectivity index is 1.84. The van der Waals surface area contributed by atoms with Crippen molar-refractivity contribution >= 4 is 33.3 Å². The van der Waals surface area contributed by atoms with E-state index >= 15 is 0 Å². The zero-order chi connectivity index (χ0) is 19.2. The number of amides is 1. The Hall–Kier alpha value is -2.58. The Morgan fingerprint density at radius 1 is 1.30 bits per heavy atom. The van der Waals surface area contributed by atoms with Crippen LogP contribution in [0.2, 0.25) is 0 Å². The minimum atomic E-state index is -0.109. The first-order chi connectivity index (χ1) is 13.1. The van der Waals surface area contributed by atoms with Gasteiger partial charge in [-0.1, -0.05) is 6.92 Å². The molecule has 0 radical (unpaired) electrons. The first-order valence-electron chi connectivity index (χ1n) is 8.80. The summed E-state index contributed by atoms with van der Waals surface area (Å²) in [4.78, 5) is 26.9. The van der Waals surface area contributed by atoms with E-state index in [-0.39, 0.29) is 11.9 Å². The van der Waals surface area contributed by atoms with Gasteiger partial charge in [0, 0.05) is 26.0 Å². The predicted molar refractivity (Wildman–Crippen MR) is 107 cm³/mol. The smallest absolute Gasteiger partial charge is 0.261 e. The number of aromatic nitrogens is 3. The number of carbonyl (C=O) groups excluding carboxylic acids is 1. The summed E-state index contributed by atoms with van der Waals surface area (Å²) in [6.45, 7) is 5.07. The highest BCUT2D eigenvalue weighted by Crippen LogP contribution is 2.33. The van der Waals surface area contributed by atoms with Crippen LogP contribution < -0.4 is 10.6 Å². The number of ether oxygens (including phenoxy) is 1. The molecule has 0 saturated carbocycles. The molecule has 0 aliphatic carbocycles. The molecule has 8 heteroatoms. The minimum Gasteiger partial charge on any atom is -0.383 e. The molecule has 0 bridgehead atoms. The Bertz CT molecular complexity index is 913. The monoisotopic (exact) mass is 385 g/mol. The second-order valence-electron chi connectivity index (χ2n) is 6.20. The molecule has 0 saturated heterocycles. The number of methoxy groups -OCH3 is 1. The van der Waals surface area contributed by atoms with E-state index in [1.165, 1.54) is 17.7 Å². The minimum absolute atomic E-state index is 0.109. The highest BCUT2D eigenvalue weighted by Gasteiger charge is 2.20. The number of carbonyl (C=O) groups is 1. The van der Waals surface area contributed by atoms with Crippen molar-refractivity contribution in [3.05, 3.63) is 46.9 Å². The summed E-state index contributed by atoms with van der Waals surface area (Å²) < 4.78 is 5.25. The Labute approximate surface area is 162 Å². The summed E-state index contributed by atoms with van der Waals surface area (Å²) in [7, 11) is 1.68. The van der Waals surface area contributed by atoms with Gasteiger partial charge in [0.2, 0.25) is 0 Å². The number of hydrogen-bond donors (Lipinski definition) is 2. The summed E-state index contributed by atoms with van der Waals surface area (Å²) in [5.41, 5.74) is 1.89. The molecule has 0 aromatic carbocycles. The van der Waals surface area contributed by atoms with E-state index in [4.69, 9.17) is 4.74 Å². The van der Waals surface area contributed by atoms with Crippen LogP contribution in [-0.4, -0.2) is 40.6 Å². The number of anilines is 1. The zero-order valence-electron chi connectivity index (χ0n) is 15.7. The maximum Gasteiger partial charge on any atom is 0.261 e. The summed E-state index contributed by atoms with van der Waals surface area (Å²) in [6, 6.07) is 3.91. The molecule has 1 unspecified atom stereocenters. The molecule has 3 heterocycles. The van der Waals surface area contributed by atoms with Gasteiger partial charge in [-0.05, 0) is 36.6 Å². The largest absolute Gasteiger partial charge is 0.383 e. The number of hydrogen-bond acceptors (Lipinski definition) is 7. The summed E-state index contributed by atoms with van der Waals surface area (Å²) in [6.07, 6.45) is 5.86. The second kappa shape index (κ2) is 8.88. The first kappa shape index (κ1) is 19.2. The molecule has 27 heavy (non-hydrogen) atoms. The van der Waals surface area contributed by atoms with Crippen molar-refractivity contribution < 1.29 is 9.53 Å². The molecule has 3 aromatic heterocycles. The fraction of sp³-hybridized carbons (Fsp3) is 0.368. The third-order valence-corrected chi connectivity index (χ3v) is 5.54. The summed E-state index contributed by atoms with van der Waals surface area (Å²) in [5.74, 6) is 0.632. The normalized spacial score (nSPS) is 12.1. The number of thiophene rings is 1. The number of nitrogens with one attached hydrogen (secondary N) is 2. The third kappa shape index (κ3) is 4.40. The summed E-state index contributed by atoms with van der Waals surface area (Å²) >= 11 is 1.38. The van der Waals surface area contributed by atoms with Crippen LogP contribution in [0.1, 0.15) is 34.1 Å². The van der Waals surface area contributed by atoms with E-state index in [2.05, 4.69) is 32.5 Å². The molecular weight excluding hydrogens is 362 g/mol. The van der Waals surface area contributed by atoms with Crippen molar-refractivity contribution in [3.63, 3.8) is 0 Å². The lowest BCUT2D eigenvalue weighted by atomic mass is 10.1. The molecule has 3 aromatic rings. The predicted octanol–water partition coefficient (Wildman–Crippen LogP) is 3.16. The molecule has 3 rings (SSSR count). The van der Waals surface area contributed by atoms with E-state index in [0.717, 1.165) is 33.6 Å². The van der Waals surface area contributed by atoms with Crippen molar-refractivity contribution in [2.45, 2.75) is 32.9 Å². The second-order valence-corrected chi connectivity index (χ2v) is 7.20. The lowest BCUT2D eigenvalue weighted by molar-refractivity contribution is 0.0954. The molecule has 7 nitrogen and oxygen atoms in total. The van der Waals surface area contributed by atoms with E-state index in [1.54, 1.807) is 19.5 Å². The van der Waals surface area contributed by atoms with Gasteiger partial charge in [0.05, 0.1) is 22.9 Å². The molecule has 0 fully saturated rings. The Morgan fingerprint density at radius 2 is 2.07 bits per heavy atom. The standard InChI is InChI=1S/C19H23N5O2S/c1-4-14(10-26-3)24-17-15-12(2)16(27-19(15)23-11-22-17)18(25)21-9-13-5-7-20-8-6-13/h5-8,11,14H,4,9-10H2,1-3H3,(H,21,25)(H,22,23,24). The number of nitrogens with zero attached hydrogens (tertiary/aromatic N) is 3. The van der Waals surface area contributed by atoms with Crippen molar-refractivity contribution in [2.24, 2.45) is 0 Å². The van der Waals surface area contributed by atoms with Gasteiger partial charge < -0.3 is 15.4 Å². The molecule has 2 N–H and O–H groups in total. The van der Waals surface area contributed by atoms with Gasteiger partial charge in [0.15, 0.2) is 0 Å². The number of aryl methyl sites for hydroxylation is 1. The molecule has 0 spiro atoms. The van der Waals surface area contributed by atoms with Crippen molar-refractivity contribution in [1.29, 1.82) is 0 Å². The van der Waals surface area contributed by atoms with Crippen LogP contribution in [0.15, 0.2) is 30.9 Å². The van der Waals surface area contributed by atoms with Crippen LogP contribution in [0.25, 0.3) is 10.2 Å². The van der Waals surface area contributed by atoms with Gasteiger partial charge >= 0.3 is 0 Å². The van der Waals surface area contributed by atoms with Crippen molar-refractivity contribution in [3.8, 4) is 0 Å². The van der Waals surface area contributed by atoms with Crippen LogP contribution in [0.3, 0.4) is 0 Å². The lowest BCUT2D eigenvalue weighted by Crippen LogP contribution is -2.24. The molecule has 1 amide bonds. The lowest BCUT2D eigenvalue weighted by Gasteiger charge is -2.17.